The Morgan fingerprint density at radius 1 is 0.950 bits per heavy atom. The minimum Gasteiger partial charge on any atom is -0.454 e. The third-order valence-electron chi connectivity index (χ3n) is 6.64. The number of aryl methyl sites for hydroxylation is 1. The highest BCUT2D eigenvalue weighted by atomic mass is 16.7. The van der Waals surface area contributed by atoms with Gasteiger partial charge in [0.05, 0.1) is 10.9 Å². The number of ether oxygens (including phenoxy) is 2. The predicted octanol–water partition coefficient (Wildman–Crippen LogP) is 3.21. The highest BCUT2D eigenvalue weighted by Gasteiger charge is 2.18. The number of fused-ring (bicyclic) bond motifs is 2. The Kier molecular flexibility index (Phi) is 7.50. The maximum absolute atomic E-state index is 13.3. The van der Waals surface area contributed by atoms with Crippen LogP contribution < -0.4 is 31.4 Å². The Bertz CT molecular complexity index is 1740. The van der Waals surface area contributed by atoms with Crippen LogP contribution >= 0.6 is 0 Å². The average Bonchev–Trinajstić information content (AvgIpc) is 3.44. The SMILES string of the molecule is C=CCn1c(=O)c2ccc(C(=O)NCc3ccc4c(c3)OCO4)cc2n(CC(=O)Nc2ccc(CC)cc2)c1=O. The van der Waals surface area contributed by atoms with Gasteiger partial charge in [-0.25, -0.2) is 4.79 Å². The van der Waals surface area contributed by atoms with E-state index in [4.69, 9.17) is 9.47 Å². The quantitative estimate of drug-likeness (QED) is 0.315. The lowest BCUT2D eigenvalue weighted by atomic mass is 10.1. The number of aromatic nitrogens is 2. The fraction of sp³-hybridized carbons (Fsp3) is 0.200. The first-order valence-corrected chi connectivity index (χ1v) is 12.8. The number of hydrogen-bond donors (Lipinski definition) is 2. The van der Waals surface area contributed by atoms with E-state index >= 15 is 0 Å². The molecule has 0 unspecified atom stereocenters. The lowest BCUT2D eigenvalue weighted by Crippen LogP contribution is -2.41. The molecule has 40 heavy (non-hydrogen) atoms. The van der Waals surface area contributed by atoms with Crippen LogP contribution in [0.5, 0.6) is 11.5 Å². The number of carbonyl (C=O) groups is 2. The highest BCUT2D eigenvalue weighted by molar-refractivity contribution is 5.98. The van der Waals surface area contributed by atoms with Crippen molar-refractivity contribution < 1.29 is 19.1 Å². The van der Waals surface area contributed by atoms with Gasteiger partial charge in [0.1, 0.15) is 6.54 Å². The van der Waals surface area contributed by atoms with Crippen molar-refractivity contribution in [2.75, 3.05) is 12.1 Å². The van der Waals surface area contributed by atoms with E-state index in [-0.39, 0.29) is 42.9 Å². The third-order valence-corrected chi connectivity index (χ3v) is 6.64. The second-order valence-electron chi connectivity index (χ2n) is 9.27. The fourth-order valence-electron chi connectivity index (χ4n) is 4.50. The van der Waals surface area contributed by atoms with E-state index in [1.54, 1.807) is 24.3 Å². The van der Waals surface area contributed by atoms with E-state index in [0.717, 1.165) is 22.1 Å². The van der Waals surface area contributed by atoms with Crippen LogP contribution in [-0.2, 0) is 30.8 Å². The molecule has 2 amide bonds. The molecule has 2 N–H and O–H groups in total. The number of allylic oxidation sites excluding steroid dienone is 1. The van der Waals surface area contributed by atoms with Gasteiger partial charge in [0.15, 0.2) is 11.5 Å². The molecule has 3 aromatic carbocycles. The Labute approximate surface area is 229 Å². The van der Waals surface area contributed by atoms with Crippen LogP contribution in [0.4, 0.5) is 5.69 Å². The van der Waals surface area contributed by atoms with E-state index in [1.807, 2.05) is 25.1 Å². The normalized spacial score (nSPS) is 11.8. The first kappa shape index (κ1) is 26.5. The number of hydrogen-bond acceptors (Lipinski definition) is 6. The molecule has 0 atom stereocenters. The summed E-state index contributed by atoms with van der Waals surface area (Å²) >= 11 is 0. The maximum atomic E-state index is 13.3. The molecule has 0 bridgehead atoms. The number of nitrogens with one attached hydrogen (secondary N) is 2. The van der Waals surface area contributed by atoms with Gasteiger partial charge in [-0.15, -0.1) is 6.58 Å². The predicted molar refractivity (Wildman–Crippen MR) is 151 cm³/mol. The molecule has 1 aromatic heterocycles. The van der Waals surface area contributed by atoms with Crippen molar-refractivity contribution in [1.82, 2.24) is 14.5 Å². The number of nitrogens with zero attached hydrogens (tertiary/aromatic N) is 2. The summed E-state index contributed by atoms with van der Waals surface area (Å²) in [5.74, 6) is 0.395. The molecule has 0 radical (unpaired) electrons. The molecule has 0 saturated heterocycles. The standard InChI is InChI=1S/C30H28N4O6/c1-3-13-33-29(37)23-11-8-21(28(36)31-16-20-7-12-25-26(14-20)40-18-39-25)15-24(23)34(30(33)38)17-27(35)32-22-9-5-19(4-2)6-10-22/h3,5-12,14-15H,1,4,13,16-18H2,2H3,(H,31,36)(H,32,35). The molecule has 10 heteroatoms. The fourth-order valence-corrected chi connectivity index (χ4v) is 4.50. The van der Waals surface area contributed by atoms with Crippen LogP contribution in [0.15, 0.2) is 82.9 Å². The van der Waals surface area contributed by atoms with Gasteiger partial charge in [-0.05, 0) is 60.0 Å². The largest absolute Gasteiger partial charge is 0.454 e. The minimum absolute atomic E-state index is 0.0223. The van der Waals surface area contributed by atoms with Gasteiger partial charge in [0.25, 0.3) is 11.5 Å². The van der Waals surface area contributed by atoms with Crippen molar-refractivity contribution >= 4 is 28.4 Å². The zero-order valence-electron chi connectivity index (χ0n) is 21.9. The summed E-state index contributed by atoms with van der Waals surface area (Å²) in [6, 6.07) is 17.2. The molecule has 0 saturated carbocycles. The van der Waals surface area contributed by atoms with E-state index in [9.17, 15) is 19.2 Å². The Morgan fingerprint density at radius 3 is 2.45 bits per heavy atom. The van der Waals surface area contributed by atoms with Crippen LogP contribution in [0.1, 0.15) is 28.4 Å². The van der Waals surface area contributed by atoms with E-state index in [1.165, 1.54) is 28.8 Å². The molecule has 1 aliphatic heterocycles. The summed E-state index contributed by atoms with van der Waals surface area (Å²) < 4.78 is 12.9. The highest BCUT2D eigenvalue weighted by Crippen LogP contribution is 2.32. The van der Waals surface area contributed by atoms with Gasteiger partial charge in [0, 0.05) is 24.3 Å². The smallest absolute Gasteiger partial charge is 0.332 e. The summed E-state index contributed by atoms with van der Waals surface area (Å²) in [6.07, 6.45) is 2.30. The van der Waals surface area contributed by atoms with Gasteiger partial charge >= 0.3 is 5.69 Å². The Hall–Kier alpha value is -5.12. The summed E-state index contributed by atoms with van der Waals surface area (Å²) in [4.78, 5) is 52.4. The van der Waals surface area contributed by atoms with Gasteiger partial charge in [-0.3, -0.25) is 23.5 Å². The molecule has 0 aliphatic carbocycles. The topological polar surface area (TPSA) is 121 Å². The molecular formula is C30H28N4O6. The first-order chi connectivity index (χ1) is 19.4. The Balaban J connectivity index is 1.43. The number of amides is 2. The Morgan fingerprint density at radius 2 is 1.70 bits per heavy atom. The maximum Gasteiger partial charge on any atom is 0.332 e. The first-order valence-electron chi connectivity index (χ1n) is 12.8. The van der Waals surface area contributed by atoms with E-state index in [0.29, 0.717) is 17.2 Å². The van der Waals surface area contributed by atoms with Crippen LogP contribution in [0, 0.1) is 0 Å². The van der Waals surface area contributed by atoms with E-state index in [2.05, 4.69) is 17.2 Å². The molecule has 0 fully saturated rings. The molecular weight excluding hydrogens is 512 g/mol. The van der Waals surface area contributed by atoms with Gasteiger partial charge in [-0.1, -0.05) is 31.2 Å². The van der Waals surface area contributed by atoms with Crippen LogP contribution in [0.2, 0.25) is 0 Å². The lowest BCUT2D eigenvalue weighted by Gasteiger charge is -2.15. The van der Waals surface area contributed by atoms with Crippen molar-refractivity contribution in [3.05, 3.63) is 111 Å². The second-order valence-corrected chi connectivity index (χ2v) is 9.27. The van der Waals surface area contributed by atoms with Crippen molar-refractivity contribution in [1.29, 1.82) is 0 Å². The third kappa shape index (κ3) is 5.37. The summed E-state index contributed by atoms with van der Waals surface area (Å²) in [5.41, 5.74) is 1.74. The summed E-state index contributed by atoms with van der Waals surface area (Å²) in [6.45, 7) is 5.66. The molecule has 0 spiro atoms. The van der Waals surface area contributed by atoms with Gasteiger partial charge in [-0.2, -0.15) is 0 Å². The van der Waals surface area contributed by atoms with Crippen LogP contribution in [0.3, 0.4) is 0 Å². The van der Waals surface area contributed by atoms with Crippen LogP contribution in [-0.4, -0.2) is 27.7 Å². The zero-order valence-corrected chi connectivity index (χ0v) is 21.9. The summed E-state index contributed by atoms with van der Waals surface area (Å²) in [5, 5.41) is 5.83. The molecule has 10 nitrogen and oxygen atoms in total. The number of carbonyl (C=O) groups excluding carboxylic acids is 2. The van der Waals surface area contributed by atoms with Gasteiger partial charge < -0.3 is 20.1 Å². The molecule has 1 aliphatic rings. The minimum atomic E-state index is -0.674. The second kappa shape index (κ2) is 11.3. The van der Waals surface area contributed by atoms with Gasteiger partial charge in [0.2, 0.25) is 12.7 Å². The van der Waals surface area contributed by atoms with Crippen molar-refractivity contribution in [2.24, 2.45) is 0 Å². The molecule has 204 valence electrons. The van der Waals surface area contributed by atoms with Crippen molar-refractivity contribution in [2.45, 2.75) is 33.0 Å². The lowest BCUT2D eigenvalue weighted by molar-refractivity contribution is -0.116. The van der Waals surface area contributed by atoms with Crippen LogP contribution in [0.25, 0.3) is 10.9 Å². The molecule has 5 rings (SSSR count). The van der Waals surface area contributed by atoms with Crippen molar-refractivity contribution in [3.8, 4) is 11.5 Å². The van der Waals surface area contributed by atoms with Crippen molar-refractivity contribution in [3.63, 3.8) is 0 Å². The molecule has 4 aromatic rings. The average molecular weight is 541 g/mol. The summed E-state index contributed by atoms with van der Waals surface area (Å²) in [7, 11) is 0. The monoisotopic (exact) mass is 540 g/mol. The zero-order chi connectivity index (χ0) is 28.2. The molecule has 2 heterocycles. The van der Waals surface area contributed by atoms with E-state index < -0.39 is 23.1 Å². The number of anilines is 1. The number of rotatable bonds is 9. The number of benzene rings is 3.